The molecule has 1 amide bonds. The Balaban J connectivity index is 2.00. The van der Waals surface area contributed by atoms with E-state index in [2.05, 4.69) is 20.5 Å². The lowest BCUT2D eigenvalue weighted by atomic mass is 10.1. The summed E-state index contributed by atoms with van der Waals surface area (Å²) in [5.41, 5.74) is 2.57. The number of amides is 1. The van der Waals surface area contributed by atoms with Gasteiger partial charge in [0.1, 0.15) is 0 Å². The predicted octanol–water partition coefficient (Wildman–Crippen LogP) is 3.17. The number of aryl methyl sites for hydroxylation is 1. The van der Waals surface area contributed by atoms with Gasteiger partial charge < -0.3 is 5.32 Å². The van der Waals surface area contributed by atoms with Crippen molar-refractivity contribution in [1.29, 1.82) is 0 Å². The average molecular weight is 287 g/mol. The van der Waals surface area contributed by atoms with Crippen molar-refractivity contribution in [3.8, 4) is 0 Å². The van der Waals surface area contributed by atoms with E-state index in [9.17, 15) is 4.79 Å². The number of anilines is 1. The normalized spacial score (nSPS) is 10.7. The molecular formula is C14H11ClN4O. The minimum absolute atomic E-state index is 0.215. The van der Waals surface area contributed by atoms with E-state index >= 15 is 0 Å². The number of carbonyl (C=O) groups is 1. The third-order valence-corrected chi connectivity index (χ3v) is 3.21. The minimum Gasteiger partial charge on any atom is -0.319 e. The largest absolute Gasteiger partial charge is 0.319 e. The summed E-state index contributed by atoms with van der Waals surface area (Å²) in [4.78, 5) is 16.6. The van der Waals surface area contributed by atoms with E-state index in [-0.39, 0.29) is 5.91 Å². The van der Waals surface area contributed by atoms with Gasteiger partial charge in [0, 0.05) is 16.6 Å². The summed E-state index contributed by atoms with van der Waals surface area (Å²) < 4.78 is 0. The number of hydrogen-bond donors (Lipinski definition) is 2. The molecule has 0 radical (unpaired) electrons. The Morgan fingerprint density at radius 2 is 2.20 bits per heavy atom. The molecule has 3 rings (SSSR count). The van der Waals surface area contributed by atoms with E-state index in [4.69, 9.17) is 11.6 Å². The van der Waals surface area contributed by atoms with Crippen LogP contribution in [0.3, 0.4) is 0 Å². The van der Waals surface area contributed by atoms with Gasteiger partial charge >= 0.3 is 0 Å². The summed E-state index contributed by atoms with van der Waals surface area (Å²) in [6.45, 7) is 1.80. The molecule has 2 N–H and O–H groups in total. The first-order chi connectivity index (χ1) is 9.63. The van der Waals surface area contributed by atoms with Gasteiger partial charge in [0.15, 0.2) is 0 Å². The standard InChI is InChI=1S/C14H11ClN4O/c1-8-12(14(20)19-11-6-16-17-7-11)4-9-2-3-10(15)5-13(9)18-8/h2-7H,1H3,(H,16,17)(H,19,20). The molecule has 0 saturated carbocycles. The lowest BCUT2D eigenvalue weighted by molar-refractivity contribution is 0.102. The second-order valence-electron chi connectivity index (χ2n) is 4.40. The third-order valence-electron chi connectivity index (χ3n) is 2.97. The number of H-pyrrole nitrogens is 1. The van der Waals surface area contributed by atoms with Crippen LogP contribution in [0.1, 0.15) is 16.1 Å². The van der Waals surface area contributed by atoms with Crippen molar-refractivity contribution in [1.82, 2.24) is 15.2 Å². The molecule has 6 heteroatoms. The van der Waals surface area contributed by atoms with Crippen molar-refractivity contribution < 1.29 is 4.79 Å². The molecule has 3 aromatic rings. The van der Waals surface area contributed by atoms with Gasteiger partial charge in [0.2, 0.25) is 0 Å². The molecule has 0 aliphatic rings. The van der Waals surface area contributed by atoms with Gasteiger partial charge in [0.05, 0.1) is 28.7 Å². The highest BCUT2D eigenvalue weighted by molar-refractivity contribution is 6.31. The highest BCUT2D eigenvalue weighted by Crippen LogP contribution is 2.21. The molecule has 0 saturated heterocycles. The molecule has 0 fully saturated rings. The molecule has 0 spiro atoms. The summed E-state index contributed by atoms with van der Waals surface area (Å²) in [7, 11) is 0. The molecule has 0 atom stereocenters. The topological polar surface area (TPSA) is 70.7 Å². The van der Waals surface area contributed by atoms with Crippen molar-refractivity contribution in [3.05, 3.63) is 52.9 Å². The van der Waals surface area contributed by atoms with Gasteiger partial charge in [-0.05, 0) is 25.1 Å². The number of hydrogen-bond acceptors (Lipinski definition) is 3. The Labute approximate surface area is 120 Å². The smallest absolute Gasteiger partial charge is 0.257 e. The summed E-state index contributed by atoms with van der Waals surface area (Å²) in [6, 6.07) is 7.21. The number of pyridine rings is 1. The van der Waals surface area contributed by atoms with Crippen LogP contribution in [-0.2, 0) is 0 Å². The Kier molecular flexibility index (Phi) is 3.12. The SMILES string of the molecule is Cc1nc2cc(Cl)ccc2cc1C(=O)Nc1cn[nH]c1. The van der Waals surface area contributed by atoms with Crippen molar-refractivity contribution in [2.24, 2.45) is 0 Å². The summed E-state index contributed by atoms with van der Waals surface area (Å²) in [5, 5.41) is 10.7. The molecule has 0 unspecified atom stereocenters. The summed E-state index contributed by atoms with van der Waals surface area (Å²) in [5.74, 6) is -0.215. The van der Waals surface area contributed by atoms with Crippen LogP contribution in [0.15, 0.2) is 36.7 Å². The van der Waals surface area contributed by atoms with Gasteiger partial charge in [-0.3, -0.25) is 14.9 Å². The minimum atomic E-state index is -0.215. The monoisotopic (exact) mass is 286 g/mol. The Morgan fingerprint density at radius 3 is 2.95 bits per heavy atom. The molecule has 0 bridgehead atoms. The Hall–Kier alpha value is -2.40. The molecule has 1 aromatic carbocycles. The fraction of sp³-hybridized carbons (Fsp3) is 0.0714. The molecule has 2 heterocycles. The molecule has 0 aliphatic heterocycles. The second kappa shape index (κ2) is 4.94. The van der Waals surface area contributed by atoms with Gasteiger partial charge in [-0.2, -0.15) is 5.10 Å². The van der Waals surface area contributed by atoms with Gasteiger partial charge in [-0.15, -0.1) is 0 Å². The number of benzene rings is 1. The van der Waals surface area contributed by atoms with Crippen LogP contribution in [-0.4, -0.2) is 21.1 Å². The molecule has 0 aliphatic carbocycles. The highest BCUT2D eigenvalue weighted by Gasteiger charge is 2.12. The number of rotatable bonds is 2. The van der Waals surface area contributed by atoms with Gasteiger partial charge in [-0.25, -0.2) is 0 Å². The maximum absolute atomic E-state index is 12.2. The summed E-state index contributed by atoms with van der Waals surface area (Å²) >= 11 is 5.94. The second-order valence-corrected chi connectivity index (χ2v) is 4.84. The van der Waals surface area contributed by atoms with E-state index in [1.807, 2.05) is 12.1 Å². The quantitative estimate of drug-likeness (QED) is 0.760. The zero-order chi connectivity index (χ0) is 14.1. The van der Waals surface area contributed by atoms with E-state index in [0.29, 0.717) is 22.0 Å². The number of aromatic nitrogens is 3. The predicted molar refractivity (Wildman–Crippen MR) is 78.0 cm³/mol. The molecule has 2 aromatic heterocycles. The van der Waals surface area contributed by atoms with Crippen LogP contribution in [0, 0.1) is 6.92 Å². The maximum atomic E-state index is 12.2. The summed E-state index contributed by atoms with van der Waals surface area (Å²) in [6.07, 6.45) is 3.16. The third kappa shape index (κ3) is 2.35. The lowest BCUT2D eigenvalue weighted by Crippen LogP contribution is -2.13. The number of halogens is 1. The van der Waals surface area contributed by atoms with Crippen LogP contribution in [0.2, 0.25) is 5.02 Å². The first-order valence-corrected chi connectivity index (χ1v) is 6.38. The number of aromatic amines is 1. The fourth-order valence-corrected chi connectivity index (χ4v) is 2.15. The molecule has 5 nitrogen and oxygen atoms in total. The molecule has 20 heavy (non-hydrogen) atoms. The van der Waals surface area contributed by atoms with Crippen LogP contribution < -0.4 is 5.32 Å². The fourth-order valence-electron chi connectivity index (χ4n) is 1.98. The first-order valence-electron chi connectivity index (χ1n) is 6.00. The molecule has 100 valence electrons. The van der Waals surface area contributed by atoms with Crippen molar-refractivity contribution >= 4 is 34.1 Å². The van der Waals surface area contributed by atoms with Crippen molar-refractivity contribution in [2.45, 2.75) is 6.92 Å². The Bertz CT molecular complexity index is 783. The van der Waals surface area contributed by atoms with E-state index in [1.165, 1.54) is 0 Å². The zero-order valence-electron chi connectivity index (χ0n) is 10.6. The zero-order valence-corrected chi connectivity index (χ0v) is 11.4. The first kappa shape index (κ1) is 12.6. The number of nitrogens with one attached hydrogen (secondary N) is 2. The van der Waals surface area contributed by atoms with E-state index in [1.54, 1.807) is 31.5 Å². The van der Waals surface area contributed by atoms with Crippen molar-refractivity contribution in [3.63, 3.8) is 0 Å². The number of nitrogens with zero attached hydrogens (tertiary/aromatic N) is 2. The highest BCUT2D eigenvalue weighted by atomic mass is 35.5. The molecular weight excluding hydrogens is 276 g/mol. The van der Waals surface area contributed by atoms with Crippen LogP contribution >= 0.6 is 11.6 Å². The lowest BCUT2D eigenvalue weighted by Gasteiger charge is -2.07. The van der Waals surface area contributed by atoms with Crippen LogP contribution in [0.5, 0.6) is 0 Å². The number of fused-ring (bicyclic) bond motifs is 1. The average Bonchev–Trinajstić information content (AvgIpc) is 2.90. The van der Waals surface area contributed by atoms with Gasteiger partial charge in [-0.1, -0.05) is 17.7 Å². The maximum Gasteiger partial charge on any atom is 0.257 e. The van der Waals surface area contributed by atoms with E-state index < -0.39 is 0 Å². The Morgan fingerprint density at radius 1 is 1.35 bits per heavy atom. The number of carbonyl (C=O) groups excluding carboxylic acids is 1. The van der Waals surface area contributed by atoms with Crippen molar-refractivity contribution in [2.75, 3.05) is 5.32 Å². The van der Waals surface area contributed by atoms with E-state index in [0.717, 1.165) is 10.9 Å². The van der Waals surface area contributed by atoms with Crippen LogP contribution in [0.25, 0.3) is 10.9 Å². The van der Waals surface area contributed by atoms with Crippen LogP contribution in [0.4, 0.5) is 5.69 Å². The van der Waals surface area contributed by atoms with Gasteiger partial charge in [0.25, 0.3) is 5.91 Å².